The Hall–Kier alpha value is -3.39. The molecule has 0 unspecified atom stereocenters. The van der Waals surface area contributed by atoms with Gasteiger partial charge < -0.3 is 19.2 Å². The zero-order valence-electron chi connectivity index (χ0n) is 16.8. The average Bonchev–Trinajstić information content (AvgIpc) is 3.35. The van der Waals surface area contributed by atoms with Crippen molar-refractivity contribution in [3.8, 4) is 11.1 Å². The van der Waals surface area contributed by atoms with Crippen molar-refractivity contribution in [3.05, 3.63) is 64.4 Å². The van der Waals surface area contributed by atoms with E-state index in [0.29, 0.717) is 10.6 Å². The number of ether oxygens (including phenoxy) is 2. The Morgan fingerprint density at radius 1 is 1.03 bits per heavy atom. The van der Waals surface area contributed by atoms with Gasteiger partial charge in [-0.1, -0.05) is 29.8 Å². The summed E-state index contributed by atoms with van der Waals surface area (Å²) in [6.45, 7) is 5.25. The molecule has 7 nitrogen and oxygen atoms in total. The fourth-order valence-corrected chi connectivity index (χ4v) is 3.94. The smallest absolute Gasteiger partial charge is 0.374 e. The van der Waals surface area contributed by atoms with Crippen molar-refractivity contribution in [1.29, 1.82) is 0 Å². The number of carbonyl (C=O) groups excluding carboxylic acids is 3. The molecule has 0 fully saturated rings. The SMILES string of the molecule is CCOC(=O)c1c(NC(=O)COC(=O)c2ccco2)sc(C)c1-c1ccc(C)cc1. The first kappa shape index (κ1) is 21.3. The van der Waals surface area contributed by atoms with Crippen LogP contribution in [0.5, 0.6) is 0 Å². The molecule has 3 rings (SSSR count). The van der Waals surface area contributed by atoms with Crippen LogP contribution in [0.4, 0.5) is 5.00 Å². The van der Waals surface area contributed by atoms with Gasteiger partial charge in [-0.15, -0.1) is 11.3 Å². The molecule has 2 heterocycles. The maximum Gasteiger partial charge on any atom is 0.374 e. The van der Waals surface area contributed by atoms with E-state index in [9.17, 15) is 14.4 Å². The van der Waals surface area contributed by atoms with E-state index in [-0.39, 0.29) is 17.9 Å². The standard InChI is InChI=1S/C22H21NO6S/c1-4-27-22(26)19-18(15-9-7-13(2)8-10-15)14(3)30-20(19)23-17(24)12-29-21(25)16-6-5-11-28-16/h5-11H,4,12H2,1-3H3,(H,23,24). The van der Waals surface area contributed by atoms with Crippen LogP contribution in [0.1, 0.15) is 38.3 Å². The van der Waals surface area contributed by atoms with E-state index in [0.717, 1.165) is 16.0 Å². The lowest BCUT2D eigenvalue weighted by Crippen LogP contribution is -2.21. The van der Waals surface area contributed by atoms with Crippen LogP contribution in [0.15, 0.2) is 47.1 Å². The predicted molar refractivity (Wildman–Crippen MR) is 113 cm³/mol. The molecule has 30 heavy (non-hydrogen) atoms. The molecule has 0 saturated heterocycles. The van der Waals surface area contributed by atoms with Gasteiger partial charge in [0.1, 0.15) is 10.6 Å². The minimum atomic E-state index is -0.747. The third-order valence-electron chi connectivity index (χ3n) is 4.21. The van der Waals surface area contributed by atoms with Crippen molar-refractivity contribution in [2.24, 2.45) is 0 Å². The fraction of sp³-hybridized carbons (Fsp3) is 0.227. The molecule has 0 aliphatic rings. The number of anilines is 1. The zero-order valence-corrected chi connectivity index (χ0v) is 17.6. The van der Waals surface area contributed by atoms with Crippen LogP contribution in [-0.2, 0) is 14.3 Å². The van der Waals surface area contributed by atoms with Gasteiger partial charge in [0, 0.05) is 10.4 Å². The molecular weight excluding hydrogens is 406 g/mol. The molecule has 1 aromatic carbocycles. The average molecular weight is 427 g/mol. The Morgan fingerprint density at radius 2 is 1.77 bits per heavy atom. The lowest BCUT2D eigenvalue weighted by molar-refractivity contribution is -0.119. The monoisotopic (exact) mass is 427 g/mol. The van der Waals surface area contributed by atoms with Crippen molar-refractivity contribution in [2.75, 3.05) is 18.5 Å². The molecule has 0 aliphatic carbocycles. The van der Waals surface area contributed by atoms with Gasteiger partial charge in [-0.05, 0) is 38.5 Å². The van der Waals surface area contributed by atoms with Crippen LogP contribution < -0.4 is 5.32 Å². The Bertz CT molecular complexity index is 1050. The summed E-state index contributed by atoms with van der Waals surface area (Å²) in [5, 5.41) is 3.01. The summed E-state index contributed by atoms with van der Waals surface area (Å²) in [6.07, 6.45) is 1.34. The summed E-state index contributed by atoms with van der Waals surface area (Å²) < 4.78 is 15.1. The number of aryl methyl sites for hydroxylation is 2. The molecule has 1 N–H and O–H groups in total. The molecule has 156 valence electrons. The molecular formula is C22H21NO6S. The van der Waals surface area contributed by atoms with Gasteiger partial charge in [-0.3, -0.25) is 4.79 Å². The second-order valence-corrected chi connectivity index (χ2v) is 7.65. The number of furan rings is 1. The summed E-state index contributed by atoms with van der Waals surface area (Å²) in [4.78, 5) is 37.7. The van der Waals surface area contributed by atoms with Gasteiger partial charge >= 0.3 is 11.9 Å². The summed E-state index contributed by atoms with van der Waals surface area (Å²) >= 11 is 1.26. The van der Waals surface area contributed by atoms with Gasteiger partial charge in [0.05, 0.1) is 12.9 Å². The first-order chi connectivity index (χ1) is 14.4. The van der Waals surface area contributed by atoms with E-state index < -0.39 is 24.5 Å². The number of rotatable bonds is 7. The minimum Gasteiger partial charge on any atom is -0.462 e. The van der Waals surface area contributed by atoms with Crippen LogP contribution in [0, 0.1) is 13.8 Å². The fourth-order valence-electron chi connectivity index (χ4n) is 2.86. The summed E-state index contributed by atoms with van der Waals surface area (Å²) in [5.41, 5.74) is 2.94. The number of benzene rings is 1. The van der Waals surface area contributed by atoms with E-state index in [2.05, 4.69) is 5.32 Å². The first-order valence-electron chi connectivity index (χ1n) is 9.28. The molecule has 0 radical (unpaired) electrons. The Labute approximate surface area is 177 Å². The van der Waals surface area contributed by atoms with E-state index in [1.165, 1.54) is 23.7 Å². The predicted octanol–water partition coefficient (Wildman–Crippen LogP) is 4.60. The van der Waals surface area contributed by atoms with E-state index in [4.69, 9.17) is 13.9 Å². The molecule has 0 atom stereocenters. The third kappa shape index (κ3) is 4.77. The number of hydrogen-bond donors (Lipinski definition) is 1. The zero-order chi connectivity index (χ0) is 21.7. The second-order valence-electron chi connectivity index (χ2n) is 6.43. The summed E-state index contributed by atoms with van der Waals surface area (Å²) in [5.74, 6) is -1.84. The summed E-state index contributed by atoms with van der Waals surface area (Å²) in [7, 11) is 0. The number of hydrogen-bond acceptors (Lipinski definition) is 7. The molecule has 3 aromatic rings. The number of nitrogens with one attached hydrogen (secondary N) is 1. The quantitative estimate of drug-likeness (QED) is 0.554. The Balaban J connectivity index is 1.83. The first-order valence-corrected chi connectivity index (χ1v) is 10.1. The maximum absolute atomic E-state index is 12.7. The van der Waals surface area contributed by atoms with Crippen molar-refractivity contribution >= 4 is 34.2 Å². The van der Waals surface area contributed by atoms with Crippen LogP contribution in [0.25, 0.3) is 11.1 Å². The van der Waals surface area contributed by atoms with Crippen molar-refractivity contribution in [2.45, 2.75) is 20.8 Å². The topological polar surface area (TPSA) is 94.8 Å². The molecule has 2 aromatic heterocycles. The van der Waals surface area contributed by atoms with Gasteiger partial charge in [-0.25, -0.2) is 9.59 Å². The summed E-state index contributed by atoms with van der Waals surface area (Å²) in [6, 6.07) is 10.7. The van der Waals surface area contributed by atoms with Crippen LogP contribution in [0.3, 0.4) is 0 Å². The molecule has 1 amide bonds. The number of thiophene rings is 1. The highest BCUT2D eigenvalue weighted by Crippen LogP contribution is 2.40. The van der Waals surface area contributed by atoms with Crippen molar-refractivity contribution < 1.29 is 28.3 Å². The Kier molecular flexibility index (Phi) is 6.68. The van der Waals surface area contributed by atoms with E-state index in [1.807, 2.05) is 38.1 Å². The van der Waals surface area contributed by atoms with Crippen LogP contribution >= 0.6 is 11.3 Å². The normalized spacial score (nSPS) is 10.5. The number of amides is 1. The van der Waals surface area contributed by atoms with E-state index in [1.54, 1.807) is 13.0 Å². The maximum atomic E-state index is 12.7. The molecule has 0 bridgehead atoms. The third-order valence-corrected chi connectivity index (χ3v) is 5.23. The number of carbonyl (C=O) groups is 3. The highest BCUT2D eigenvalue weighted by atomic mass is 32.1. The lowest BCUT2D eigenvalue weighted by Gasteiger charge is -2.09. The van der Waals surface area contributed by atoms with Crippen molar-refractivity contribution in [1.82, 2.24) is 0 Å². The van der Waals surface area contributed by atoms with Gasteiger partial charge in [0.2, 0.25) is 5.76 Å². The van der Waals surface area contributed by atoms with Crippen LogP contribution in [-0.4, -0.2) is 31.1 Å². The van der Waals surface area contributed by atoms with E-state index >= 15 is 0 Å². The highest BCUT2D eigenvalue weighted by molar-refractivity contribution is 7.17. The van der Waals surface area contributed by atoms with Gasteiger partial charge in [-0.2, -0.15) is 0 Å². The molecule has 0 aliphatic heterocycles. The molecule has 0 spiro atoms. The molecule has 0 saturated carbocycles. The van der Waals surface area contributed by atoms with Crippen molar-refractivity contribution in [3.63, 3.8) is 0 Å². The second kappa shape index (κ2) is 9.41. The lowest BCUT2D eigenvalue weighted by atomic mass is 10.0. The molecule has 8 heteroatoms. The van der Waals surface area contributed by atoms with Gasteiger partial charge in [0.25, 0.3) is 5.91 Å². The largest absolute Gasteiger partial charge is 0.462 e. The highest BCUT2D eigenvalue weighted by Gasteiger charge is 2.26. The minimum absolute atomic E-state index is 0.00337. The van der Waals surface area contributed by atoms with Crippen LogP contribution in [0.2, 0.25) is 0 Å². The Morgan fingerprint density at radius 3 is 2.40 bits per heavy atom. The van der Waals surface area contributed by atoms with Gasteiger partial charge in [0.15, 0.2) is 6.61 Å². The number of esters is 2.